The number of carbonyl (C=O) groups is 1. The molecule has 0 spiro atoms. The van der Waals surface area contributed by atoms with Crippen molar-refractivity contribution in [2.75, 3.05) is 0 Å². The topological polar surface area (TPSA) is 63.2 Å². The molecule has 1 amide bonds. The summed E-state index contributed by atoms with van der Waals surface area (Å²) >= 11 is 3.11. The predicted molar refractivity (Wildman–Crippen MR) is 53.5 cm³/mol. The van der Waals surface area contributed by atoms with E-state index >= 15 is 0 Å². The zero-order chi connectivity index (χ0) is 10.5. The van der Waals surface area contributed by atoms with E-state index in [1.807, 2.05) is 4.72 Å². The highest BCUT2D eigenvalue weighted by atomic mass is 79.9. The van der Waals surface area contributed by atoms with Crippen LogP contribution in [0.25, 0.3) is 0 Å². The maximum atomic E-state index is 11.5. The molecule has 1 N–H and O–H groups in total. The number of benzene rings is 1. The van der Waals surface area contributed by atoms with E-state index in [9.17, 15) is 13.2 Å². The summed E-state index contributed by atoms with van der Waals surface area (Å²) in [6.07, 6.45) is 0. The van der Waals surface area contributed by atoms with Gasteiger partial charge in [-0.3, -0.25) is 4.79 Å². The Bertz CT molecular complexity index is 536. The van der Waals surface area contributed by atoms with Gasteiger partial charge < -0.3 is 0 Å². The molecule has 74 valence electrons. The first-order valence-electron chi connectivity index (χ1n) is 3.80. The van der Waals surface area contributed by atoms with Crippen molar-refractivity contribution < 1.29 is 13.2 Å². The summed E-state index contributed by atoms with van der Waals surface area (Å²) in [5, 5.41) is 0. The molecule has 0 saturated carbocycles. The molecule has 0 bridgehead atoms. The van der Waals surface area contributed by atoms with Crippen molar-refractivity contribution in [3.05, 3.63) is 27.7 Å². The minimum Gasteiger partial charge on any atom is -0.268 e. The molecule has 6 heteroatoms. The highest BCUT2D eigenvalue weighted by Gasteiger charge is 2.35. The van der Waals surface area contributed by atoms with Gasteiger partial charge in [0.25, 0.3) is 15.9 Å². The minimum atomic E-state index is -3.65. The molecule has 1 aliphatic heterocycles. The van der Waals surface area contributed by atoms with E-state index in [0.717, 1.165) is 0 Å². The second-order valence-corrected chi connectivity index (χ2v) is 5.48. The van der Waals surface area contributed by atoms with Crippen molar-refractivity contribution in [1.82, 2.24) is 4.72 Å². The molecule has 0 radical (unpaired) electrons. The van der Waals surface area contributed by atoms with Gasteiger partial charge in [-0.1, -0.05) is 6.07 Å². The van der Waals surface area contributed by atoms with Crippen molar-refractivity contribution in [3.63, 3.8) is 0 Å². The van der Waals surface area contributed by atoms with Crippen molar-refractivity contribution in [2.24, 2.45) is 0 Å². The SMILES string of the molecule is Cc1ccc(Br)c2c1C(=O)NS2(=O)=O. The van der Waals surface area contributed by atoms with Crippen LogP contribution >= 0.6 is 15.9 Å². The molecule has 0 fully saturated rings. The van der Waals surface area contributed by atoms with E-state index in [1.54, 1.807) is 19.1 Å². The van der Waals surface area contributed by atoms with Gasteiger partial charge in [0, 0.05) is 4.47 Å². The largest absolute Gasteiger partial charge is 0.268 e. The van der Waals surface area contributed by atoms with Crippen LogP contribution in [0.2, 0.25) is 0 Å². The number of fused-ring (bicyclic) bond motifs is 1. The summed E-state index contributed by atoms with van der Waals surface area (Å²) in [5.41, 5.74) is 0.890. The molecule has 1 aliphatic rings. The molecular formula is C8H6BrNO3S. The average Bonchev–Trinajstić information content (AvgIpc) is 2.30. The number of aryl methyl sites for hydroxylation is 1. The number of hydrogen-bond acceptors (Lipinski definition) is 3. The lowest BCUT2D eigenvalue weighted by Gasteiger charge is -2.01. The van der Waals surface area contributed by atoms with Gasteiger partial charge in [-0.2, -0.15) is 0 Å². The van der Waals surface area contributed by atoms with Gasteiger partial charge in [0.15, 0.2) is 0 Å². The van der Waals surface area contributed by atoms with Gasteiger partial charge in [-0.25, -0.2) is 13.1 Å². The maximum Gasteiger partial charge on any atom is 0.266 e. The standard InChI is InChI=1S/C8H6BrNO3S/c1-4-2-3-5(9)7-6(4)8(11)10-14(7,12)13/h2-3H,1H3,(H,10,11). The second-order valence-electron chi connectivity index (χ2n) is 3.00. The van der Waals surface area contributed by atoms with Crippen molar-refractivity contribution >= 4 is 31.9 Å². The van der Waals surface area contributed by atoms with Crippen LogP contribution in [0.15, 0.2) is 21.5 Å². The number of carbonyl (C=O) groups excluding carboxylic acids is 1. The van der Waals surface area contributed by atoms with E-state index < -0.39 is 15.9 Å². The molecule has 0 aromatic heterocycles. The summed E-state index contributed by atoms with van der Waals surface area (Å²) in [4.78, 5) is 11.4. The summed E-state index contributed by atoms with van der Waals surface area (Å²) in [6, 6.07) is 3.31. The predicted octanol–water partition coefficient (Wildman–Crippen LogP) is 1.19. The summed E-state index contributed by atoms with van der Waals surface area (Å²) < 4.78 is 25.3. The smallest absolute Gasteiger partial charge is 0.266 e. The Morgan fingerprint density at radius 2 is 2.00 bits per heavy atom. The van der Waals surface area contributed by atoms with Crippen LogP contribution in [0, 0.1) is 6.92 Å². The van der Waals surface area contributed by atoms with Crippen LogP contribution in [0.4, 0.5) is 0 Å². The van der Waals surface area contributed by atoms with Crippen LogP contribution in [-0.4, -0.2) is 14.3 Å². The Morgan fingerprint density at radius 1 is 1.36 bits per heavy atom. The van der Waals surface area contributed by atoms with Crippen LogP contribution in [0.3, 0.4) is 0 Å². The highest BCUT2D eigenvalue weighted by molar-refractivity contribution is 9.10. The molecule has 0 saturated heterocycles. The molecule has 0 unspecified atom stereocenters. The number of sulfonamides is 1. The van der Waals surface area contributed by atoms with Crippen LogP contribution < -0.4 is 4.72 Å². The molecule has 1 aromatic carbocycles. The first kappa shape index (κ1) is 9.67. The number of hydrogen-bond donors (Lipinski definition) is 1. The summed E-state index contributed by atoms with van der Waals surface area (Å²) in [7, 11) is -3.65. The van der Waals surface area contributed by atoms with Gasteiger partial charge in [-0.15, -0.1) is 0 Å². The van der Waals surface area contributed by atoms with E-state index in [4.69, 9.17) is 0 Å². The van der Waals surface area contributed by atoms with E-state index in [2.05, 4.69) is 15.9 Å². The first-order valence-corrected chi connectivity index (χ1v) is 6.07. The number of halogens is 1. The molecule has 14 heavy (non-hydrogen) atoms. The molecule has 0 atom stereocenters. The molecule has 2 rings (SSSR count). The fourth-order valence-corrected chi connectivity index (χ4v) is 3.69. The lowest BCUT2D eigenvalue weighted by molar-refractivity contribution is 0.0984. The third kappa shape index (κ3) is 1.18. The third-order valence-corrected chi connectivity index (χ3v) is 4.38. The number of rotatable bonds is 0. The third-order valence-electron chi connectivity index (χ3n) is 2.04. The van der Waals surface area contributed by atoms with Crippen LogP contribution in [-0.2, 0) is 10.0 Å². The van der Waals surface area contributed by atoms with Gasteiger partial charge in [-0.05, 0) is 34.5 Å². The number of amides is 1. The highest BCUT2D eigenvalue weighted by Crippen LogP contribution is 2.32. The fraction of sp³-hybridized carbons (Fsp3) is 0.125. The van der Waals surface area contributed by atoms with Crippen molar-refractivity contribution in [2.45, 2.75) is 11.8 Å². The van der Waals surface area contributed by atoms with Gasteiger partial charge in [0.2, 0.25) is 0 Å². The first-order chi connectivity index (χ1) is 6.43. The van der Waals surface area contributed by atoms with Gasteiger partial charge in [0.1, 0.15) is 4.90 Å². The lowest BCUT2D eigenvalue weighted by atomic mass is 10.1. The second kappa shape index (κ2) is 2.80. The Hall–Kier alpha value is -0.880. The summed E-state index contributed by atoms with van der Waals surface area (Å²) in [5.74, 6) is -0.557. The molecule has 1 aromatic rings. The van der Waals surface area contributed by atoms with Crippen molar-refractivity contribution in [1.29, 1.82) is 0 Å². The molecule has 4 nitrogen and oxygen atoms in total. The zero-order valence-corrected chi connectivity index (χ0v) is 9.57. The summed E-state index contributed by atoms with van der Waals surface area (Å²) in [6.45, 7) is 1.70. The van der Waals surface area contributed by atoms with Crippen molar-refractivity contribution in [3.8, 4) is 0 Å². The lowest BCUT2D eigenvalue weighted by Crippen LogP contribution is -2.21. The Morgan fingerprint density at radius 3 is 2.57 bits per heavy atom. The Labute approximate surface area is 89.5 Å². The normalized spacial score (nSPS) is 17.7. The monoisotopic (exact) mass is 275 g/mol. The van der Waals surface area contributed by atoms with Gasteiger partial charge in [0.05, 0.1) is 5.56 Å². The maximum absolute atomic E-state index is 11.5. The number of nitrogens with one attached hydrogen (secondary N) is 1. The van der Waals surface area contributed by atoms with E-state index in [1.165, 1.54) is 0 Å². The zero-order valence-electron chi connectivity index (χ0n) is 7.17. The fourth-order valence-electron chi connectivity index (χ4n) is 1.42. The van der Waals surface area contributed by atoms with E-state index in [0.29, 0.717) is 10.0 Å². The van der Waals surface area contributed by atoms with Crippen LogP contribution in [0.1, 0.15) is 15.9 Å². The average molecular weight is 276 g/mol. The van der Waals surface area contributed by atoms with Gasteiger partial charge >= 0.3 is 0 Å². The Balaban J connectivity index is 2.94. The van der Waals surface area contributed by atoms with Crippen LogP contribution in [0.5, 0.6) is 0 Å². The quantitative estimate of drug-likeness (QED) is 0.774. The molecule has 1 heterocycles. The minimum absolute atomic E-state index is 0.0440. The van der Waals surface area contributed by atoms with E-state index in [-0.39, 0.29) is 10.5 Å². The molecule has 0 aliphatic carbocycles. The Kier molecular flexibility index (Phi) is 1.94. The molecular weight excluding hydrogens is 270 g/mol.